The number of fused-ring (bicyclic) bond motifs is 1. The third-order valence-electron chi connectivity index (χ3n) is 8.83. The van der Waals surface area contributed by atoms with Crippen molar-refractivity contribution in [3.63, 3.8) is 0 Å². The van der Waals surface area contributed by atoms with Crippen molar-refractivity contribution in [2.24, 2.45) is 5.92 Å². The van der Waals surface area contributed by atoms with Crippen LogP contribution in [-0.4, -0.2) is 43.2 Å². The highest BCUT2D eigenvalue weighted by Gasteiger charge is 2.35. The van der Waals surface area contributed by atoms with Gasteiger partial charge in [-0.05, 0) is 98.1 Å². The molecule has 1 atom stereocenters. The van der Waals surface area contributed by atoms with Crippen molar-refractivity contribution >= 4 is 10.9 Å². The number of aromatic amines is 1. The average molecular weight is 511 g/mol. The fraction of sp³-hybridized carbons (Fsp3) is 0.484. The highest BCUT2D eigenvalue weighted by Crippen LogP contribution is 2.35. The van der Waals surface area contributed by atoms with Gasteiger partial charge in [-0.25, -0.2) is 4.68 Å². The number of pyridine rings is 1. The average Bonchev–Trinajstić information content (AvgIpc) is 3.43. The van der Waals surface area contributed by atoms with Crippen LogP contribution in [0.1, 0.15) is 85.1 Å². The smallest absolute Gasteiger partial charge is 0.253 e. The van der Waals surface area contributed by atoms with E-state index >= 15 is 0 Å². The second kappa shape index (κ2) is 10.8. The SMILES string of the molecule is Cc1ccc(C)c2[nH]c(=O)c([C@@H](c3nnnn3C3CCCCC3)N3CCC(Cc4ccccc4)CC3)cc12. The quantitative estimate of drug-likeness (QED) is 0.361. The van der Waals surface area contributed by atoms with Gasteiger partial charge in [0.15, 0.2) is 5.82 Å². The lowest BCUT2D eigenvalue weighted by Gasteiger charge is -2.37. The summed E-state index contributed by atoms with van der Waals surface area (Å²) in [6.45, 7) is 6.00. The number of H-pyrrole nitrogens is 1. The van der Waals surface area contributed by atoms with E-state index in [1.807, 2.05) is 4.68 Å². The molecular formula is C31H38N6O. The maximum absolute atomic E-state index is 13.7. The molecule has 1 saturated heterocycles. The minimum Gasteiger partial charge on any atom is -0.321 e. The summed E-state index contributed by atoms with van der Waals surface area (Å²) >= 11 is 0. The van der Waals surface area contributed by atoms with E-state index in [1.54, 1.807) is 0 Å². The zero-order chi connectivity index (χ0) is 26.1. The summed E-state index contributed by atoms with van der Waals surface area (Å²) < 4.78 is 2.05. The van der Waals surface area contributed by atoms with Crippen LogP contribution in [0.5, 0.6) is 0 Å². The number of nitrogens with zero attached hydrogens (tertiary/aromatic N) is 5. The highest BCUT2D eigenvalue weighted by molar-refractivity contribution is 5.85. The minimum absolute atomic E-state index is 0.0409. The third kappa shape index (κ3) is 4.92. The number of aryl methyl sites for hydroxylation is 2. The van der Waals surface area contributed by atoms with Crippen molar-refractivity contribution in [1.82, 2.24) is 30.1 Å². The van der Waals surface area contributed by atoms with Crippen molar-refractivity contribution < 1.29 is 0 Å². The second-order valence-electron chi connectivity index (χ2n) is 11.4. The Morgan fingerprint density at radius 1 is 0.947 bits per heavy atom. The summed E-state index contributed by atoms with van der Waals surface area (Å²) in [6, 6.07) is 17.1. The maximum Gasteiger partial charge on any atom is 0.253 e. The van der Waals surface area contributed by atoms with E-state index in [2.05, 4.69) is 87.8 Å². The van der Waals surface area contributed by atoms with Gasteiger partial charge in [0.2, 0.25) is 0 Å². The van der Waals surface area contributed by atoms with Crippen LogP contribution in [0.3, 0.4) is 0 Å². The van der Waals surface area contributed by atoms with Crippen molar-refractivity contribution in [2.75, 3.05) is 13.1 Å². The fourth-order valence-electron chi connectivity index (χ4n) is 6.62. The van der Waals surface area contributed by atoms with Gasteiger partial charge < -0.3 is 4.98 Å². The normalized spacial score (nSPS) is 18.7. The van der Waals surface area contributed by atoms with E-state index in [-0.39, 0.29) is 11.6 Å². The van der Waals surface area contributed by atoms with Crippen LogP contribution < -0.4 is 5.56 Å². The molecule has 1 N–H and O–H groups in total. The number of tetrazole rings is 1. The molecule has 0 unspecified atom stereocenters. The minimum atomic E-state index is -0.266. The Balaban J connectivity index is 1.37. The molecule has 7 heteroatoms. The van der Waals surface area contributed by atoms with Crippen LogP contribution in [0.4, 0.5) is 0 Å². The molecule has 2 aromatic heterocycles. The third-order valence-corrected chi connectivity index (χ3v) is 8.83. The molecule has 3 heterocycles. The Hall–Kier alpha value is -3.32. The first-order chi connectivity index (χ1) is 18.6. The summed E-state index contributed by atoms with van der Waals surface area (Å²) in [5.74, 6) is 1.46. The summed E-state index contributed by atoms with van der Waals surface area (Å²) in [7, 11) is 0. The van der Waals surface area contributed by atoms with Crippen LogP contribution in [0.25, 0.3) is 10.9 Å². The summed E-state index contributed by atoms with van der Waals surface area (Å²) in [5, 5.41) is 14.3. The van der Waals surface area contributed by atoms with E-state index in [4.69, 9.17) is 0 Å². The number of aromatic nitrogens is 5. The van der Waals surface area contributed by atoms with Crippen molar-refractivity contribution in [2.45, 2.75) is 77.3 Å². The number of hydrogen-bond donors (Lipinski definition) is 1. The Kier molecular flexibility index (Phi) is 7.11. The summed E-state index contributed by atoms with van der Waals surface area (Å²) in [5.41, 5.74) is 5.28. The maximum atomic E-state index is 13.7. The number of rotatable bonds is 6. The first-order valence-corrected chi connectivity index (χ1v) is 14.3. The Morgan fingerprint density at radius 3 is 2.45 bits per heavy atom. The van der Waals surface area contributed by atoms with Crippen LogP contribution in [0.2, 0.25) is 0 Å². The molecule has 2 aliphatic rings. The standard InChI is InChI=1S/C31H38N6O/c1-21-13-14-22(2)28-26(21)20-27(31(38)32-28)29(30-33-34-35-37(30)25-11-7-4-8-12-25)36-17-15-24(16-18-36)19-23-9-5-3-6-10-23/h3,5-6,9-10,13-14,20,24-25,29H,4,7-8,11-12,15-19H2,1-2H3,(H,32,38)/t29-/m0/s1. The lowest BCUT2D eigenvalue weighted by Crippen LogP contribution is -2.41. The monoisotopic (exact) mass is 510 g/mol. The molecule has 38 heavy (non-hydrogen) atoms. The first-order valence-electron chi connectivity index (χ1n) is 14.3. The van der Waals surface area contributed by atoms with Crippen LogP contribution in [-0.2, 0) is 6.42 Å². The predicted octanol–water partition coefficient (Wildman–Crippen LogP) is 5.68. The number of benzene rings is 2. The summed E-state index contributed by atoms with van der Waals surface area (Å²) in [4.78, 5) is 19.4. The number of nitrogens with one attached hydrogen (secondary N) is 1. The van der Waals surface area contributed by atoms with Gasteiger partial charge in [0.05, 0.1) is 11.6 Å². The molecule has 1 aliphatic carbocycles. The zero-order valence-electron chi connectivity index (χ0n) is 22.6. The van der Waals surface area contributed by atoms with Gasteiger partial charge in [0.1, 0.15) is 6.04 Å². The van der Waals surface area contributed by atoms with Gasteiger partial charge in [-0.3, -0.25) is 9.69 Å². The zero-order valence-corrected chi connectivity index (χ0v) is 22.6. The number of hydrogen-bond acceptors (Lipinski definition) is 5. The molecule has 1 saturated carbocycles. The van der Waals surface area contributed by atoms with Gasteiger partial charge >= 0.3 is 0 Å². The van der Waals surface area contributed by atoms with Crippen LogP contribution in [0.15, 0.2) is 53.3 Å². The predicted molar refractivity (Wildman–Crippen MR) is 150 cm³/mol. The molecule has 4 aromatic rings. The van der Waals surface area contributed by atoms with Crippen molar-refractivity contribution in [1.29, 1.82) is 0 Å². The van der Waals surface area contributed by atoms with Gasteiger partial charge in [0.25, 0.3) is 5.56 Å². The van der Waals surface area contributed by atoms with E-state index in [0.717, 1.165) is 78.6 Å². The molecule has 0 bridgehead atoms. The van der Waals surface area contributed by atoms with Gasteiger partial charge in [-0.2, -0.15) is 0 Å². The van der Waals surface area contributed by atoms with Crippen molar-refractivity contribution in [3.8, 4) is 0 Å². The van der Waals surface area contributed by atoms with E-state index in [0.29, 0.717) is 12.0 Å². The summed E-state index contributed by atoms with van der Waals surface area (Å²) in [6.07, 6.45) is 9.17. The molecule has 0 spiro atoms. The van der Waals surface area contributed by atoms with E-state index in [9.17, 15) is 4.79 Å². The van der Waals surface area contributed by atoms with E-state index < -0.39 is 0 Å². The number of piperidine rings is 1. The van der Waals surface area contributed by atoms with Crippen LogP contribution >= 0.6 is 0 Å². The fourth-order valence-corrected chi connectivity index (χ4v) is 6.62. The molecule has 2 aromatic carbocycles. The van der Waals surface area contributed by atoms with E-state index in [1.165, 1.54) is 24.8 Å². The van der Waals surface area contributed by atoms with Crippen LogP contribution in [0, 0.1) is 19.8 Å². The topological polar surface area (TPSA) is 79.7 Å². The largest absolute Gasteiger partial charge is 0.321 e. The molecule has 0 radical (unpaired) electrons. The lowest BCUT2D eigenvalue weighted by atomic mass is 9.88. The van der Waals surface area contributed by atoms with Crippen molar-refractivity contribution in [3.05, 3.63) is 87.0 Å². The molecule has 7 nitrogen and oxygen atoms in total. The molecule has 6 rings (SSSR count). The highest BCUT2D eigenvalue weighted by atomic mass is 16.1. The lowest BCUT2D eigenvalue weighted by molar-refractivity contribution is 0.140. The Labute approximate surface area is 224 Å². The second-order valence-corrected chi connectivity index (χ2v) is 11.4. The molecule has 198 valence electrons. The molecule has 1 aliphatic heterocycles. The molecule has 2 fully saturated rings. The molecular weight excluding hydrogens is 472 g/mol. The first kappa shape index (κ1) is 25.0. The Morgan fingerprint density at radius 2 is 1.68 bits per heavy atom. The number of likely N-dealkylation sites (tertiary alicyclic amines) is 1. The van der Waals surface area contributed by atoms with Gasteiger partial charge in [-0.1, -0.05) is 61.7 Å². The molecule has 0 amide bonds. The van der Waals surface area contributed by atoms with Gasteiger partial charge in [0, 0.05) is 10.9 Å². The van der Waals surface area contributed by atoms with Gasteiger partial charge in [-0.15, -0.1) is 5.10 Å². The Bertz CT molecular complexity index is 1440.